The molecule has 148 valence electrons. The summed E-state index contributed by atoms with van der Waals surface area (Å²) < 4.78 is 38.3. The molecule has 2 amide bonds. The highest BCUT2D eigenvalue weighted by molar-refractivity contribution is 8.15. The first-order chi connectivity index (χ1) is 12.5. The predicted octanol–water partition coefficient (Wildman–Crippen LogP) is 4.15. The van der Waals surface area contributed by atoms with Gasteiger partial charge < -0.3 is 5.32 Å². The number of nitrogens with zero attached hydrogens (tertiary/aromatic N) is 2. The number of aliphatic imine (C=N–C) groups is 1. The average molecular weight is 401 g/mol. The summed E-state index contributed by atoms with van der Waals surface area (Å²) in [6.07, 6.45) is -4.63. The van der Waals surface area contributed by atoms with Crippen molar-refractivity contribution < 1.29 is 22.8 Å². The van der Waals surface area contributed by atoms with Crippen LogP contribution >= 0.6 is 11.8 Å². The zero-order valence-corrected chi connectivity index (χ0v) is 16.3. The Bertz CT molecular complexity index is 748. The standard InChI is InChI=1S/C18H22F3N3O2S/c1-10(2)22-17-24(11(3)4)16(26)14(27-17)9-15(25)23-13-7-5-6-12(8-13)18(19,20)21/h5-8,10-11,14H,9H2,1-4H3,(H,23,25). The molecule has 1 heterocycles. The minimum Gasteiger partial charge on any atom is -0.326 e. The van der Waals surface area contributed by atoms with E-state index in [-0.39, 0.29) is 30.1 Å². The molecule has 1 unspecified atom stereocenters. The van der Waals surface area contributed by atoms with E-state index < -0.39 is 22.9 Å². The predicted molar refractivity (Wildman–Crippen MR) is 101 cm³/mol. The van der Waals surface area contributed by atoms with Crippen LogP contribution in [-0.2, 0) is 15.8 Å². The van der Waals surface area contributed by atoms with E-state index in [4.69, 9.17) is 0 Å². The second-order valence-electron chi connectivity index (χ2n) is 6.74. The molecule has 5 nitrogen and oxygen atoms in total. The van der Waals surface area contributed by atoms with Crippen molar-refractivity contribution in [2.45, 2.75) is 57.6 Å². The molecule has 9 heteroatoms. The Morgan fingerprint density at radius 3 is 2.52 bits per heavy atom. The second kappa shape index (κ2) is 8.33. The number of halogens is 3. The van der Waals surface area contributed by atoms with Gasteiger partial charge in [0, 0.05) is 24.2 Å². The highest BCUT2D eigenvalue weighted by Crippen LogP contribution is 2.33. The van der Waals surface area contributed by atoms with Crippen LogP contribution < -0.4 is 5.32 Å². The summed E-state index contributed by atoms with van der Waals surface area (Å²) in [5.41, 5.74) is -0.800. The molecule has 2 rings (SSSR count). The van der Waals surface area contributed by atoms with Crippen LogP contribution in [0.3, 0.4) is 0 Å². The van der Waals surface area contributed by atoms with E-state index in [0.717, 1.165) is 12.1 Å². The molecule has 1 fully saturated rings. The number of benzene rings is 1. The summed E-state index contributed by atoms with van der Waals surface area (Å²) in [6.45, 7) is 7.51. The highest BCUT2D eigenvalue weighted by Gasteiger charge is 2.40. The van der Waals surface area contributed by atoms with E-state index in [1.165, 1.54) is 23.9 Å². The van der Waals surface area contributed by atoms with Gasteiger partial charge >= 0.3 is 6.18 Å². The van der Waals surface area contributed by atoms with Crippen molar-refractivity contribution in [1.82, 2.24) is 4.90 Å². The number of hydrogen-bond acceptors (Lipinski definition) is 4. The zero-order chi connectivity index (χ0) is 20.4. The van der Waals surface area contributed by atoms with Crippen LogP contribution in [0, 0.1) is 0 Å². The number of nitrogens with one attached hydrogen (secondary N) is 1. The lowest BCUT2D eigenvalue weighted by molar-refractivity contribution is -0.137. The van der Waals surface area contributed by atoms with Crippen LogP contribution in [0.4, 0.5) is 18.9 Å². The molecule has 1 aromatic carbocycles. The van der Waals surface area contributed by atoms with Gasteiger partial charge in [-0.1, -0.05) is 17.8 Å². The number of hydrogen-bond donors (Lipinski definition) is 1. The van der Waals surface area contributed by atoms with Crippen molar-refractivity contribution in [2.24, 2.45) is 4.99 Å². The van der Waals surface area contributed by atoms with Gasteiger partial charge in [0.2, 0.25) is 11.8 Å². The van der Waals surface area contributed by atoms with Gasteiger partial charge in [-0.05, 0) is 45.9 Å². The van der Waals surface area contributed by atoms with Gasteiger partial charge in [0.05, 0.1) is 5.56 Å². The highest BCUT2D eigenvalue weighted by atomic mass is 32.2. The number of amidine groups is 1. The van der Waals surface area contributed by atoms with Gasteiger partial charge in [0.15, 0.2) is 5.17 Å². The fourth-order valence-electron chi connectivity index (χ4n) is 2.56. The SMILES string of the molecule is CC(C)N=C1SC(CC(=O)Nc2cccc(C(F)(F)F)c2)C(=O)N1C(C)C. The van der Waals surface area contributed by atoms with Crippen molar-refractivity contribution in [3.8, 4) is 0 Å². The van der Waals surface area contributed by atoms with Crippen LogP contribution in [0.5, 0.6) is 0 Å². The molecule has 0 spiro atoms. The number of thioether (sulfide) groups is 1. The molecule has 0 aromatic heterocycles. The van der Waals surface area contributed by atoms with Gasteiger partial charge in [-0.15, -0.1) is 0 Å². The molecule has 1 N–H and O–H groups in total. The minimum atomic E-state index is -4.49. The summed E-state index contributed by atoms with van der Waals surface area (Å²) in [5.74, 6) is -0.733. The third-order valence-corrected chi connectivity index (χ3v) is 4.86. The largest absolute Gasteiger partial charge is 0.416 e. The Balaban J connectivity index is 2.09. The third kappa shape index (κ3) is 5.47. The van der Waals surface area contributed by atoms with E-state index >= 15 is 0 Å². The number of carbonyl (C=O) groups excluding carboxylic acids is 2. The first-order valence-corrected chi connectivity index (χ1v) is 9.41. The molecule has 1 atom stereocenters. The van der Waals surface area contributed by atoms with Crippen molar-refractivity contribution >= 4 is 34.4 Å². The lowest BCUT2D eigenvalue weighted by atomic mass is 10.2. The average Bonchev–Trinajstić information content (AvgIpc) is 2.81. The Labute approximate surface area is 160 Å². The number of rotatable bonds is 5. The topological polar surface area (TPSA) is 61.8 Å². The second-order valence-corrected chi connectivity index (χ2v) is 7.91. The zero-order valence-electron chi connectivity index (χ0n) is 15.5. The molecule has 1 aromatic rings. The van der Waals surface area contributed by atoms with E-state index in [0.29, 0.717) is 5.17 Å². The molecule has 0 aliphatic carbocycles. The van der Waals surface area contributed by atoms with E-state index in [9.17, 15) is 22.8 Å². The summed E-state index contributed by atoms with van der Waals surface area (Å²) in [4.78, 5) is 30.9. The van der Waals surface area contributed by atoms with Crippen molar-refractivity contribution in [1.29, 1.82) is 0 Å². The Kier molecular flexibility index (Phi) is 6.56. The van der Waals surface area contributed by atoms with Crippen LogP contribution in [0.1, 0.15) is 39.7 Å². The summed E-state index contributed by atoms with van der Waals surface area (Å²) in [7, 11) is 0. The molecule has 0 radical (unpaired) electrons. The van der Waals surface area contributed by atoms with E-state index in [1.54, 1.807) is 4.90 Å². The molecule has 0 bridgehead atoms. The maximum Gasteiger partial charge on any atom is 0.416 e. The summed E-state index contributed by atoms with van der Waals surface area (Å²) in [6, 6.07) is 4.30. The Hall–Kier alpha value is -2.03. The smallest absolute Gasteiger partial charge is 0.326 e. The van der Waals surface area contributed by atoms with Crippen LogP contribution in [0.2, 0.25) is 0 Å². The Morgan fingerprint density at radius 2 is 1.96 bits per heavy atom. The lowest BCUT2D eigenvalue weighted by Crippen LogP contribution is -2.38. The molecule has 1 saturated heterocycles. The number of alkyl halides is 3. The van der Waals surface area contributed by atoms with Crippen LogP contribution in [0.25, 0.3) is 0 Å². The normalized spacial score (nSPS) is 19.4. The first kappa shape index (κ1) is 21.3. The van der Waals surface area contributed by atoms with Gasteiger partial charge in [0.25, 0.3) is 0 Å². The quantitative estimate of drug-likeness (QED) is 0.806. The number of anilines is 1. The molecule has 1 aliphatic heterocycles. The number of carbonyl (C=O) groups is 2. The van der Waals surface area contributed by atoms with Gasteiger partial charge in [-0.2, -0.15) is 13.2 Å². The minimum absolute atomic E-state index is 0.000708. The monoisotopic (exact) mass is 401 g/mol. The first-order valence-electron chi connectivity index (χ1n) is 8.53. The van der Waals surface area contributed by atoms with E-state index in [2.05, 4.69) is 10.3 Å². The molecule has 1 aliphatic rings. The van der Waals surface area contributed by atoms with Crippen molar-refractivity contribution in [3.05, 3.63) is 29.8 Å². The molecule has 0 saturated carbocycles. The van der Waals surface area contributed by atoms with Gasteiger partial charge in [0.1, 0.15) is 5.25 Å². The summed E-state index contributed by atoms with van der Waals surface area (Å²) in [5, 5.41) is 2.37. The van der Waals surface area contributed by atoms with Crippen molar-refractivity contribution in [3.63, 3.8) is 0 Å². The molecule has 27 heavy (non-hydrogen) atoms. The number of amides is 2. The maximum absolute atomic E-state index is 12.8. The third-order valence-electron chi connectivity index (χ3n) is 3.70. The van der Waals surface area contributed by atoms with Crippen molar-refractivity contribution in [2.75, 3.05) is 5.32 Å². The van der Waals surface area contributed by atoms with E-state index in [1.807, 2.05) is 27.7 Å². The van der Waals surface area contributed by atoms with Crippen LogP contribution in [0.15, 0.2) is 29.3 Å². The maximum atomic E-state index is 12.8. The molecular weight excluding hydrogens is 379 g/mol. The van der Waals surface area contributed by atoms with Gasteiger partial charge in [-0.25, -0.2) is 0 Å². The lowest BCUT2D eigenvalue weighted by Gasteiger charge is -2.21. The molecular formula is C18H22F3N3O2S. The van der Waals surface area contributed by atoms with Gasteiger partial charge in [-0.3, -0.25) is 19.5 Å². The fraction of sp³-hybridized carbons (Fsp3) is 0.500. The van der Waals surface area contributed by atoms with Crippen LogP contribution in [-0.4, -0.2) is 39.2 Å². The summed E-state index contributed by atoms with van der Waals surface area (Å²) >= 11 is 1.22. The Morgan fingerprint density at radius 1 is 1.30 bits per heavy atom. The fourth-order valence-corrected chi connectivity index (χ4v) is 3.94.